The third-order valence-corrected chi connectivity index (χ3v) is 5.15. The second-order valence-electron chi connectivity index (χ2n) is 7.16. The molecule has 1 atom stereocenters. The summed E-state index contributed by atoms with van der Waals surface area (Å²) in [5.74, 6) is 1.78. The van der Waals surface area contributed by atoms with Gasteiger partial charge in [0.15, 0.2) is 5.69 Å². The number of benzene rings is 2. The number of amides is 1. The van der Waals surface area contributed by atoms with Crippen molar-refractivity contribution < 1.29 is 18.7 Å². The molecule has 0 spiro atoms. The summed E-state index contributed by atoms with van der Waals surface area (Å²) < 4.78 is 16.6. The molecule has 0 aliphatic rings. The van der Waals surface area contributed by atoms with Crippen molar-refractivity contribution in [2.24, 2.45) is 0 Å². The number of ether oxygens (including phenoxy) is 2. The van der Waals surface area contributed by atoms with Crippen molar-refractivity contribution in [3.8, 4) is 11.5 Å². The Labute approximate surface area is 183 Å². The van der Waals surface area contributed by atoms with Crippen LogP contribution >= 0.6 is 0 Å². The number of carbonyl (C=O) groups is 1. The third kappa shape index (κ3) is 5.64. The Hall–Kier alpha value is -3.32. The lowest BCUT2D eigenvalue weighted by atomic mass is 10.1. The molecule has 3 rings (SSSR count). The molecule has 3 aromatic rings. The maximum absolute atomic E-state index is 12.1. The van der Waals surface area contributed by atoms with Crippen LogP contribution in [0, 0.1) is 0 Å². The second-order valence-corrected chi connectivity index (χ2v) is 7.16. The molecule has 0 bridgehead atoms. The van der Waals surface area contributed by atoms with Gasteiger partial charge in [-0.05, 0) is 37.6 Å². The molecule has 164 valence electrons. The minimum absolute atomic E-state index is 0.0666. The highest BCUT2D eigenvalue weighted by atomic mass is 16.5. The van der Waals surface area contributed by atoms with Crippen LogP contribution in [0.25, 0.3) is 0 Å². The summed E-state index contributed by atoms with van der Waals surface area (Å²) in [6, 6.07) is 16.0. The quantitative estimate of drug-likeness (QED) is 0.527. The van der Waals surface area contributed by atoms with E-state index in [9.17, 15) is 4.79 Å². The minimum Gasteiger partial charge on any atom is -0.497 e. The molecule has 2 aromatic carbocycles. The summed E-state index contributed by atoms with van der Waals surface area (Å²) in [7, 11) is 3.30. The van der Waals surface area contributed by atoms with Gasteiger partial charge in [-0.15, -0.1) is 0 Å². The maximum Gasteiger partial charge on any atom is 0.273 e. The molecular weight excluding hydrogens is 394 g/mol. The van der Waals surface area contributed by atoms with Gasteiger partial charge in [0.05, 0.1) is 20.8 Å². The molecule has 0 saturated carbocycles. The number of carbonyl (C=O) groups excluding carboxylic acids is 1. The predicted octanol–water partition coefficient (Wildman–Crippen LogP) is 4.20. The second kappa shape index (κ2) is 10.6. The lowest BCUT2D eigenvalue weighted by molar-refractivity contribution is 0.0950. The molecule has 1 N–H and O–H groups in total. The van der Waals surface area contributed by atoms with Crippen molar-refractivity contribution in [2.75, 3.05) is 20.8 Å². The standard InChI is InChI=1S/C24H29N3O4/c1-5-25-24(28)21-16-31-23(26-21)15-27(17(2)18-9-7-6-8-10-18)14-19-13-20(29-3)11-12-22(19)30-4/h6-13,16-17H,5,14-15H2,1-4H3,(H,25,28). The van der Waals surface area contributed by atoms with Crippen molar-refractivity contribution in [2.45, 2.75) is 33.0 Å². The molecule has 1 unspecified atom stereocenters. The van der Waals surface area contributed by atoms with Crippen LogP contribution in [0.15, 0.2) is 59.2 Å². The molecule has 0 radical (unpaired) electrons. The number of rotatable bonds is 10. The Kier molecular flexibility index (Phi) is 7.67. The van der Waals surface area contributed by atoms with Gasteiger partial charge in [-0.25, -0.2) is 4.98 Å². The Morgan fingerprint density at radius 1 is 1.13 bits per heavy atom. The smallest absolute Gasteiger partial charge is 0.273 e. The van der Waals surface area contributed by atoms with Gasteiger partial charge in [0.1, 0.15) is 17.8 Å². The van der Waals surface area contributed by atoms with Crippen LogP contribution in [0.2, 0.25) is 0 Å². The number of oxazole rings is 1. The zero-order chi connectivity index (χ0) is 22.2. The molecule has 0 fully saturated rings. The highest BCUT2D eigenvalue weighted by Crippen LogP contribution is 2.30. The van der Waals surface area contributed by atoms with E-state index in [1.165, 1.54) is 11.8 Å². The van der Waals surface area contributed by atoms with E-state index in [0.29, 0.717) is 25.5 Å². The van der Waals surface area contributed by atoms with Crippen molar-refractivity contribution in [1.82, 2.24) is 15.2 Å². The van der Waals surface area contributed by atoms with Crippen molar-refractivity contribution in [1.29, 1.82) is 0 Å². The summed E-state index contributed by atoms with van der Waals surface area (Å²) in [4.78, 5) is 18.7. The zero-order valence-electron chi connectivity index (χ0n) is 18.4. The minimum atomic E-state index is -0.241. The van der Waals surface area contributed by atoms with Crippen molar-refractivity contribution in [3.63, 3.8) is 0 Å². The molecule has 1 amide bonds. The maximum atomic E-state index is 12.1. The van der Waals surface area contributed by atoms with Gasteiger partial charge < -0.3 is 19.2 Å². The number of hydrogen-bond acceptors (Lipinski definition) is 6. The van der Waals surface area contributed by atoms with Crippen LogP contribution in [0.1, 0.15) is 47.4 Å². The number of aromatic nitrogens is 1. The Balaban J connectivity index is 1.90. The largest absolute Gasteiger partial charge is 0.497 e. The number of methoxy groups -OCH3 is 2. The van der Waals surface area contributed by atoms with Crippen LogP contribution in [-0.2, 0) is 13.1 Å². The highest BCUT2D eigenvalue weighted by molar-refractivity contribution is 5.91. The van der Waals surface area contributed by atoms with Gasteiger partial charge in [0.2, 0.25) is 5.89 Å². The molecule has 7 heteroatoms. The van der Waals surface area contributed by atoms with E-state index in [1.54, 1.807) is 14.2 Å². The number of hydrogen-bond donors (Lipinski definition) is 1. The van der Waals surface area contributed by atoms with Crippen molar-refractivity contribution >= 4 is 5.91 Å². The lowest BCUT2D eigenvalue weighted by Gasteiger charge is -2.29. The topological polar surface area (TPSA) is 76.8 Å². The van der Waals surface area contributed by atoms with E-state index in [2.05, 4.69) is 34.3 Å². The molecular formula is C24H29N3O4. The molecule has 31 heavy (non-hydrogen) atoms. The molecule has 1 heterocycles. The number of nitrogens with one attached hydrogen (secondary N) is 1. The fraction of sp³-hybridized carbons (Fsp3) is 0.333. The third-order valence-electron chi connectivity index (χ3n) is 5.15. The first kappa shape index (κ1) is 22.4. The number of nitrogens with zero attached hydrogens (tertiary/aromatic N) is 2. The molecule has 0 aliphatic heterocycles. The van der Waals surface area contributed by atoms with E-state index in [4.69, 9.17) is 13.9 Å². The predicted molar refractivity (Wildman–Crippen MR) is 118 cm³/mol. The van der Waals surface area contributed by atoms with Gasteiger partial charge >= 0.3 is 0 Å². The summed E-state index contributed by atoms with van der Waals surface area (Å²) >= 11 is 0. The normalized spacial score (nSPS) is 11.9. The fourth-order valence-corrected chi connectivity index (χ4v) is 3.41. The van der Waals surface area contributed by atoms with Crippen molar-refractivity contribution in [3.05, 3.63) is 77.5 Å². The highest BCUT2D eigenvalue weighted by Gasteiger charge is 2.22. The molecule has 1 aromatic heterocycles. The lowest BCUT2D eigenvalue weighted by Crippen LogP contribution is -2.27. The monoisotopic (exact) mass is 423 g/mol. The first-order valence-corrected chi connectivity index (χ1v) is 10.3. The first-order chi connectivity index (χ1) is 15.0. The van der Waals surface area contributed by atoms with Gasteiger partial charge in [0.25, 0.3) is 5.91 Å². The summed E-state index contributed by atoms with van der Waals surface area (Å²) in [6.07, 6.45) is 1.40. The van der Waals surface area contributed by atoms with Gasteiger partial charge in [0, 0.05) is 24.7 Å². The van der Waals surface area contributed by atoms with Crippen LogP contribution in [0.4, 0.5) is 0 Å². The summed E-state index contributed by atoms with van der Waals surface area (Å²) in [5.41, 5.74) is 2.43. The Morgan fingerprint density at radius 2 is 1.90 bits per heavy atom. The van der Waals surface area contributed by atoms with E-state index in [0.717, 1.165) is 17.1 Å². The summed E-state index contributed by atoms with van der Waals surface area (Å²) in [6.45, 7) is 5.54. The van der Waals surface area contributed by atoms with E-state index < -0.39 is 0 Å². The van der Waals surface area contributed by atoms with Gasteiger partial charge in [-0.3, -0.25) is 9.69 Å². The van der Waals surface area contributed by atoms with Crippen LogP contribution in [0.3, 0.4) is 0 Å². The SMILES string of the molecule is CCNC(=O)c1coc(CN(Cc2cc(OC)ccc2OC)C(C)c2ccccc2)n1. The summed E-state index contributed by atoms with van der Waals surface area (Å²) in [5, 5.41) is 2.74. The van der Waals surface area contributed by atoms with Crippen LogP contribution in [0.5, 0.6) is 11.5 Å². The van der Waals surface area contributed by atoms with E-state index in [1.807, 2.05) is 43.3 Å². The van der Waals surface area contributed by atoms with E-state index in [-0.39, 0.29) is 17.6 Å². The zero-order valence-corrected chi connectivity index (χ0v) is 18.4. The molecule has 0 saturated heterocycles. The van der Waals surface area contributed by atoms with Gasteiger partial charge in [-0.1, -0.05) is 30.3 Å². The molecule has 7 nitrogen and oxygen atoms in total. The fourth-order valence-electron chi connectivity index (χ4n) is 3.41. The average Bonchev–Trinajstić information content (AvgIpc) is 3.27. The average molecular weight is 424 g/mol. The van der Waals surface area contributed by atoms with Gasteiger partial charge in [-0.2, -0.15) is 0 Å². The Morgan fingerprint density at radius 3 is 2.58 bits per heavy atom. The van der Waals surface area contributed by atoms with Crippen LogP contribution in [-0.4, -0.2) is 36.6 Å². The first-order valence-electron chi connectivity index (χ1n) is 10.3. The van der Waals surface area contributed by atoms with E-state index >= 15 is 0 Å². The molecule has 0 aliphatic carbocycles. The van der Waals surface area contributed by atoms with Crippen LogP contribution < -0.4 is 14.8 Å². The Bertz CT molecular complexity index is 987.